The van der Waals surface area contributed by atoms with Crippen LogP contribution < -0.4 is 9.47 Å². The number of aryl methyl sites for hydroxylation is 1. The van der Waals surface area contributed by atoms with Crippen molar-refractivity contribution >= 4 is 31.4 Å². The average Bonchev–Trinajstić information content (AvgIpc) is 2.97. The molecule has 6 aromatic rings. The SMILES string of the molecule is COc1ccc2cc(-c3ccc4cc(Oc5ccc(S(=O)(=O)c6ccc(C)cc6)cc5)ccc4c3)ccc2c1. The summed E-state index contributed by atoms with van der Waals surface area (Å²) in [6.45, 7) is 1.93. The van der Waals surface area contributed by atoms with E-state index in [2.05, 4.69) is 42.5 Å². The summed E-state index contributed by atoms with van der Waals surface area (Å²) in [5.41, 5.74) is 3.30. The van der Waals surface area contributed by atoms with Gasteiger partial charge in [0.1, 0.15) is 17.2 Å². The van der Waals surface area contributed by atoms with Gasteiger partial charge < -0.3 is 9.47 Å². The smallest absolute Gasteiger partial charge is 0.206 e. The van der Waals surface area contributed by atoms with Crippen molar-refractivity contribution in [1.82, 2.24) is 0 Å². The maximum absolute atomic E-state index is 12.9. The molecule has 0 heterocycles. The topological polar surface area (TPSA) is 52.6 Å². The molecule has 39 heavy (non-hydrogen) atoms. The van der Waals surface area contributed by atoms with Crippen LogP contribution in [0.5, 0.6) is 17.2 Å². The summed E-state index contributed by atoms with van der Waals surface area (Å²) >= 11 is 0. The van der Waals surface area contributed by atoms with Crippen molar-refractivity contribution in [1.29, 1.82) is 0 Å². The number of sulfone groups is 1. The molecule has 0 unspecified atom stereocenters. The van der Waals surface area contributed by atoms with E-state index in [0.29, 0.717) is 11.5 Å². The summed E-state index contributed by atoms with van der Waals surface area (Å²) in [5, 5.41) is 4.46. The monoisotopic (exact) mass is 530 g/mol. The standard InChI is InChI=1S/C34H26O4S/c1-23-3-15-33(16-4-23)39(35,36)34-17-13-30(14-18-34)38-32-12-10-27-20-25(6-8-29(27)22-32)24-5-7-28-21-31(37-2)11-9-26(28)19-24/h3-22H,1-2H3. The lowest BCUT2D eigenvalue weighted by Gasteiger charge is -2.10. The number of hydrogen-bond donors (Lipinski definition) is 0. The van der Waals surface area contributed by atoms with E-state index in [1.165, 1.54) is 0 Å². The first-order chi connectivity index (χ1) is 18.9. The fraction of sp³-hybridized carbons (Fsp3) is 0.0588. The molecule has 6 rings (SSSR count). The lowest BCUT2D eigenvalue weighted by Crippen LogP contribution is -2.01. The van der Waals surface area contributed by atoms with E-state index in [4.69, 9.17) is 9.47 Å². The quantitative estimate of drug-likeness (QED) is 0.216. The number of rotatable bonds is 6. The number of fused-ring (bicyclic) bond motifs is 2. The van der Waals surface area contributed by atoms with Gasteiger partial charge >= 0.3 is 0 Å². The zero-order valence-corrected chi connectivity index (χ0v) is 22.4. The summed E-state index contributed by atoms with van der Waals surface area (Å²) in [6, 6.07) is 38.2. The van der Waals surface area contributed by atoms with Crippen LogP contribution in [0.25, 0.3) is 32.7 Å². The van der Waals surface area contributed by atoms with Crippen LogP contribution in [0.3, 0.4) is 0 Å². The number of hydrogen-bond acceptors (Lipinski definition) is 4. The van der Waals surface area contributed by atoms with Crippen LogP contribution in [0.2, 0.25) is 0 Å². The second-order valence-electron chi connectivity index (χ2n) is 9.54. The summed E-state index contributed by atoms with van der Waals surface area (Å²) in [7, 11) is -1.90. The second-order valence-corrected chi connectivity index (χ2v) is 11.5. The van der Waals surface area contributed by atoms with Crippen molar-refractivity contribution < 1.29 is 17.9 Å². The Morgan fingerprint density at radius 3 is 1.49 bits per heavy atom. The highest BCUT2D eigenvalue weighted by molar-refractivity contribution is 7.91. The summed E-state index contributed by atoms with van der Waals surface area (Å²) in [5.74, 6) is 2.10. The minimum absolute atomic E-state index is 0.234. The number of ether oxygens (including phenoxy) is 2. The third-order valence-corrected chi connectivity index (χ3v) is 8.68. The molecule has 4 nitrogen and oxygen atoms in total. The van der Waals surface area contributed by atoms with Gasteiger partial charge in [-0.1, -0.05) is 54.1 Å². The van der Waals surface area contributed by atoms with Gasteiger partial charge in [-0.25, -0.2) is 8.42 Å². The molecule has 192 valence electrons. The van der Waals surface area contributed by atoms with E-state index in [0.717, 1.165) is 44.0 Å². The Morgan fingerprint density at radius 1 is 0.487 bits per heavy atom. The molecule has 0 bridgehead atoms. The van der Waals surface area contributed by atoms with Crippen molar-refractivity contribution in [3.63, 3.8) is 0 Å². The minimum atomic E-state index is -3.58. The van der Waals surface area contributed by atoms with E-state index in [-0.39, 0.29) is 9.79 Å². The molecule has 5 heteroatoms. The third-order valence-electron chi connectivity index (χ3n) is 6.89. The first kappa shape index (κ1) is 24.7. The molecule has 0 aliphatic rings. The van der Waals surface area contributed by atoms with Gasteiger partial charge in [-0.3, -0.25) is 0 Å². The van der Waals surface area contributed by atoms with E-state index < -0.39 is 9.84 Å². The second kappa shape index (κ2) is 9.93. The highest BCUT2D eigenvalue weighted by Gasteiger charge is 2.17. The molecule has 0 atom stereocenters. The molecule has 0 amide bonds. The van der Waals surface area contributed by atoms with Crippen molar-refractivity contribution in [2.75, 3.05) is 7.11 Å². The molecular formula is C34H26O4S. The molecule has 0 radical (unpaired) electrons. The Morgan fingerprint density at radius 2 is 0.923 bits per heavy atom. The van der Waals surface area contributed by atoms with Gasteiger partial charge in [0.25, 0.3) is 0 Å². The Labute approximate surface area is 228 Å². The average molecular weight is 531 g/mol. The van der Waals surface area contributed by atoms with Gasteiger partial charge in [-0.15, -0.1) is 0 Å². The molecule has 0 aliphatic carbocycles. The normalized spacial score (nSPS) is 11.5. The van der Waals surface area contributed by atoms with Crippen LogP contribution in [-0.4, -0.2) is 15.5 Å². The Balaban J connectivity index is 1.22. The molecule has 0 saturated carbocycles. The fourth-order valence-electron chi connectivity index (χ4n) is 4.67. The number of benzene rings is 6. The van der Waals surface area contributed by atoms with Gasteiger partial charge in [-0.2, -0.15) is 0 Å². The Bertz CT molecular complexity index is 1920. The summed E-state index contributed by atoms with van der Waals surface area (Å²) in [4.78, 5) is 0.511. The molecule has 0 fully saturated rings. The fourth-order valence-corrected chi connectivity index (χ4v) is 5.93. The first-order valence-electron chi connectivity index (χ1n) is 12.6. The van der Waals surface area contributed by atoms with Gasteiger partial charge in [0.2, 0.25) is 9.84 Å². The van der Waals surface area contributed by atoms with E-state index in [9.17, 15) is 8.42 Å². The molecule has 6 aromatic carbocycles. The van der Waals surface area contributed by atoms with Crippen molar-refractivity contribution in [2.45, 2.75) is 16.7 Å². The van der Waals surface area contributed by atoms with Gasteiger partial charge in [0.15, 0.2) is 0 Å². The largest absolute Gasteiger partial charge is 0.497 e. The van der Waals surface area contributed by atoms with Gasteiger partial charge in [0.05, 0.1) is 16.9 Å². The molecule has 0 spiro atoms. The lowest BCUT2D eigenvalue weighted by molar-refractivity contribution is 0.415. The maximum atomic E-state index is 12.9. The zero-order chi connectivity index (χ0) is 27.0. The summed E-state index contributed by atoms with van der Waals surface area (Å²) in [6.07, 6.45) is 0. The van der Waals surface area contributed by atoms with Crippen molar-refractivity contribution in [3.05, 3.63) is 127 Å². The first-order valence-corrected chi connectivity index (χ1v) is 14.1. The van der Waals surface area contributed by atoms with E-state index in [1.54, 1.807) is 55.6 Å². The predicted octanol–water partition coefficient (Wildman–Crippen LogP) is 8.60. The van der Waals surface area contributed by atoms with Gasteiger partial charge in [0, 0.05) is 0 Å². The molecular weight excluding hydrogens is 504 g/mol. The van der Waals surface area contributed by atoms with E-state index in [1.807, 2.05) is 37.3 Å². The Hall–Kier alpha value is -4.61. The van der Waals surface area contributed by atoms with E-state index >= 15 is 0 Å². The van der Waals surface area contributed by atoms with Crippen LogP contribution >= 0.6 is 0 Å². The molecule has 0 aliphatic heterocycles. The maximum Gasteiger partial charge on any atom is 0.206 e. The van der Waals surface area contributed by atoms with Crippen LogP contribution in [0.1, 0.15) is 5.56 Å². The summed E-state index contributed by atoms with van der Waals surface area (Å²) < 4.78 is 37.3. The van der Waals surface area contributed by atoms with Gasteiger partial charge in [-0.05, 0) is 112 Å². The lowest BCUT2D eigenvalue weighted by atomic mass is 9.98. The van der Waals surface area contributed by atoms with Crippen LogP contribution in [0.15, 0.2) is 131 Å². The number of methoxy groups -OCH3 is 1. The molecule has 0 aromatic heterocycles. The Kier molecular flexibility index (Phi) is 6.29. The predicted molar refractivity (Wildman–Crippen MR) is 157 cm³/mol. The molecule has 0 N–H and O–H groups in total. The van der Waals surface area contributed by atoms with Crippen molar-refractivity contribution in [2.24, 2.45) is 0 Å². The third kappa shape index (κ3) is 4.97. The minimum Gasteiger partial charge on any atom is -0.497 e. The van der Waals surface area contributed by atoms with Crippen LogP contribution in [0.4, 0.5) is 0 Å². The van der Waals surface area contributed by atoms with Crippen LogP contribution in [0, 0.1) is 6.92 Å². The highest BCUT2D eigenvalue weighted by Crippen LogP contribution is 2.32. The van der Waals surface area contributed by atoms with Crippen LogP contribution in [-0.2, 0) is 9.84 Å². The molecule has 0 saturated heterocycles. The highest BCUT2D eigenvalue weighted by atomic mass is 32.2. The zero-order valence-electron chi connectivity index (χ0n) is 21.6. The van der Waals surface area contributed by atoms with Crippen molar-refractivity contribution in [3.8, 4) is 28.4 Å².